The molecule has 6 heteroatoms. The molecule has 2 saturated carbocycles. The van der Waals surface area contributed by atoms with E-state index in [1.807, 2.05) is 30.3 Å². The average Bonchev–Trinajstić information content (AvgIpc) is 3.65. The summed E-state index contributed by atoms with van der Waals surface area (Å²) in [4.78, 5) is 54.1. The van der Waals surface area contributed by atoms with Gasteiger partial charge in [-0.1, -0.05) is 72.8 Å². The molecule has 34 heavy (non-hydrogen) atoms. The highest BCUT2D eigenvalue weighted by atomic mass is 16.5. The predicted octanol–water partition coefficient (Wildman–Crippen LogP) is 3.08. The van der Waals surface area contributed by atoms with Crippen LogP contribution in [0.3, 0.4) is 0 Å². The Kier molecular flexibility index (Phi) is 4.97. The summed E-state index contributed by atoms with van der Waals surface area (Å²) in [5.41, 5.74) is 1.26. The maximum atomic E-state index is 13.6. The third-order valence-electron chi connectivity index (χ3n) is 7.99. The Morgan fingerprint density at radius 1 is 0.853 bits per heavy atom. The maximum absolute atomic E-state index is 13.6. The number of Topliss-reactive ketones (excluding diaryl/α,β-unsaturated/α-hetero) is 1. The second kappa shape index (κ2) is 8.05. The largest absolute Gasteiger partial charge is 0.456 e. The number of ether oxygens (including phenoxy) is 1. The van der Waals surface area contributed by atoms with Gasteiger partial charge >= 0.3 is 5.97 Å². The number of likely N-dealkylation sites (tertiary alicyclic amines) is 1. The van der Waals surface area contributed by atoms with E-state index in [-0.39, 0.29) is 47.7 Å². The van der Waals surface area contributed by atoms with Crippen molar-refractivity contribution in [3.05, 3.63) is 83.9 Å². The molecule has 7 rings (SSSR count). The van der Waals surface area contributed by atoms with Gasteiger partial charge in [-0.05, 0) is 35.7 Å². The van der Waals surface area contributed by atoms with Crippen LogP contribution in [0.25, 0.3) is 0 Å². The van der Waals surface area contributed by atoms with Crippen molar-refractivity contribution in [2.45, 2.75) is 18.9 Å². The number of hydrogen-bond donors (Lipinski definition) is 0. The molecule has 1 heterocycles. The van der Waals surface area contributed by atoms with E-state index >= 15 is 0 Å². The number of nitrogens with zero attached hydrogens (tertiary/aromatic N) is 1. The Morgan fingerprint density at radius 2 is 1.41 bits per heavy atom. The summed E-state index contributed by atoms with van der Waals surface area (Å²) < 4.78 is 5.40. The molecule has 2 aromatic rings. The lowest BCUT2D eigenvalue weighted by Gasteiger charge is -2.37. The van der Waals surface area contributed by atoms with Crippen LogP contribution in [0.2, 0.25) is 0 Å². The highest BCUT2D eigenvalue weighted by Crippen LogP contribution is 2.65. The van der Waals surface area contributed by atoms with E-state index in [9.17, 15) is 19.2 Å². The van der Waals surface area contributed by atoms with Crippen LogP contribution in [0.1, 0.15) is 22.3 Å². The maximum Gasteiger partial charge on any atom is 0.330 e. The molecule has 1 aliphatic heterocycles. The van der Waals surface area contributed by atoms with Gasteiger partial charge < -0.3 is 4.74 Å². The van der Waals surface area contributed by atoms with Crippen LogP contribution in [0.15, 0.2) is 72.8 Å². The third-order valence-corrected chi connectivity index (χ3v) is 7.99. The second-order valence-electron chi connectivity index (χ2n) is 9.80. The van der Waals surface area contributed by atoms with Crippen LogP contribution in [0.4, 0.5) is 0 Å². The number of hydrogen-bond acceptors (Lipinski definition) is 5. The van der Waals surface area contributed by atoms with Gasteiger partial charge in [0.2, 0.25) is 11.8 Å². The minimum Gasteiger partial charge on any atom is -0.456 e. The number of esters is 1. The van der Waals surface area contributed by atoms with Crippen LogP contribution < -0.4 is 0 Å². The van der Waals surface area contributed by atoms with Gasteiger partial charge in [0.05, 0.1) is 11.8 Å². The van der Waals surface area contributed by atoms with E-state index in [4.69, 9.17) is 4.74 Å². The number of imide groups is 1. The molecule has 0 radical (unpaired) electrons. The van der Waals surface area contributed by atoms with Gasteiger partial charge in [-0.2, -0.15) is 0 Å². The number of amides is 2. The van der Waals surface area contributed by atoms with E-state index in [0.29, 0.717) is 17.4 Å². The van der Waals surface area contributed by atoms with Crippen molar-refractivity contribution < 1.29 is 23.9 Å². The van der Waals surface area contributed by atoms with Gasteiger partial charge in [0.25, 0.3) is 0 Å². The number of ketones is 1. The minimum atomic E-state index is -1.09. The normalized spacial score (nSPS) is 31.1. The molecule has 5 aliphatic rings. The predicted molar refractivity (Wildman–Crippen MR) is 122 cm³/mol. The molecule has 172 valence electrons. The minimum absolute atomic E-state index is 0.0782. The monoisotopic (exact) mass is 455 g/mol. The Bertz CT molecular complexity index is 1150. The van der Waals surface area contributed by atoms with Crippen molar-refractivity contribution in [2.24, 2.45) is 35.5 Å². The van der Waals surface area contributed by atoms with Gasteiger partial charge in [-0.25, -0.2) is 4.79 Å². The summed E-state index contributed by atoms with van der Waals surface area (Å²) in [7, 11) is 0. The average molecular weight is 456 g/mol. The smallest absolute Gasteiger partial charge is 0.330 e. The molecule has 2 bridgehead atoms. The number of carbonyl (C=O) groups excluding carboxylic acids is 4. The van der Waals surface area contributed by atoms with E-state index in [1.54, 1.807) is 30.3 Å². The Morgan fingerprint density at radius 3 is 2.00 bits per heavy atom. The van der Waals surface area contributed by atoms with E-state index in [0.717, 1.165) is 16.9 Å². The zero-order valence-corrected chi connectivity index (χ0v) is 18.6. The van der Waals surface area contributed by atoms with Crippen molar-refractivity contribution in [3.8, 4) is 0 Å². The molecule has 1 saturated heterocycles. The quantitative estimate of drug-likeness (QED) is 0.277. The number of benzene rings is 2. The standard InChI is InChI=1S/C28H25NO5/c30-23(17-9-5-2-6-10-17)15-34-28(33)22(13-16-7-3-1-4-8-16)29-26(31)24-18-11-12-19(21-14-20(18)21)25(24)27(29)32/h1-12,18-22,24-25H,13-15H2/t18-,19-,20-,21-,22-,24+,25+/m0/s1. The summed E-state index contributed by atoms with van der Waals surface area (Å²) in [5, 5.41) is 0. The van der Waals surface area contributed by atoms with Crippen LogP contribution in [-0.2, 0) is 25.5 Å². The first-order valence-electron chi connectivity index (χ1n) is 11.9. The van der Waals surface area contributed by atoms with Crippen LogP contribution >= 0.6 is 0 Å². The molecule has 2 aromatic carbocycles. The molecule has 7 atom stereocenters. The highest BCUT2D eigenvalue weighted by molar-refractivity contribution is 6.09. The summed E-state index contributed by atoms with van der Waals surface area (Å²) in [5.74, 6) is -1.25. The molecular weight excluding hydrogens is 430 g/mol. The van der Waals surface area contributed by atoms with Crippen molar-refractivity contribution in [1.82, 2.24) is 4.90 Å². The fraction of sp³-hybridized carbons (Fsp3) is 0.357. The molecule has 0 aromatic heterocycles. The Balaban J connectivity index is 1.26. The number of carbonyl (C=O) groups is 4. The summed E-state index contributed by atoms with van der Waals surface area (Å²) >= 11 is 0. The first-order chi connectivity index (χ1) is 16.5. The van der Waals surface area contributed by atoms with Crippen molar-refractivity contribution in [2.75, 3.05) is 6.61 Å². The SMILES string of the molecule is O=C(COC(=O)[C@H](Cc1ccccc1)N1C(=O)[C@@H]2[C@H]3C=C[C@@H]([C@@H]4C[C@@H]34)[C@H]2C1=O)c1ccccc1. The first kappa shape index (κ1) is 21.0. The van der Waals surface area contributed by atoms with E-state index < -0.39 is 18.6 Å². The fourth-order valence-electron chi connectivity index (χ4n) is 6.34. The lowest BCUT2D eigenvalue weighted by Crippen LogP contribution is -2.48. The van der Waals surface area contributed by atoms with Crippen LogP contribution in [0.5, 0.6) is 0 Å². The topological polar surface area (TPSA) is 80.8 Å². The lowest BCUT2D eigenvalue weighted by atomic mass is 9.63. The van der Waals surface area contributed by atoms with Gasteiger partial charge in [-0.3, -0.25) is 19.3 Å². The molecule has 0 spiro atoms. The van der Waals surface area contributed by atoms with Gasteiger partial charge in [-0.15, -0.1) is 0 Å². The van der Waals surface area contributed by atoms with Crippen LogP contribution in [0, 0.1) is 35.5 Å². The zero-order chi connectivity index (χ0) is 23.4. The van der Waals surface area contributed by atoms with Gasteiger partial charge in [0, 0.05) is 12.0 Å². The van der Waals surface area contributed by atoms with Gasteiger partial charge in [0.1, 0.15) is 6.04 Å². The summed E-state index contributed by atoms with van der Waals surface area (Å²) in [6.45, 7) is -0.436. The van der Waals surface area contributed by atoms with Crippen molar-refractivity contribution in [3.63, 3.8) is 0 Å². The molecule has 0 N–H and O–H groups in total. The molecule has 6 nitrogen and oxygen atoms in total. The Hall–Kier alpha value is -3.54. The highest BCUT2D eigenvalue weighted by Gasteiger charge is 2.68. The third kappa shape index (κ3) is 3.31. The summed E-state index contributed by atoms with van der Waals surface area (Å²) in [6, 6.07) is 16.8. The van der Waals surface area contributed by atoms with Gasteiger partial charge in [0.15, 0.2) is 12.4 Å². The van der Waals surface area contributed by atoms with Crippen molar-refractivity contribution >= 4 is 23.6 Å². The van der Waals surface area contributed by atoms with E-state index in [2.05, 4.69) is 12.2 Å². The molecule has 0 unspecified atom stereocenters. The molecule has 4 aliphatic carbocycles. The fourth-order valence-corrected chi connectivity index (χ4v) is 6.34. The molecular formula is C28H25NO5. The summed E-state index contributed by atoms with van der Waals surface area (Å²) in [6.07, 6.45) is 5.45. The van der Waals surface area contributed by atoms with E-state index in [1.165, 1.54) is 0 Å². The zero-order valence-electron chi connectivity index (χ0n) is 18.6. The lowest BCUT2D eigenvalue weighted by molar-refractivity contribution is -0.158. The molecule has 3 fully saturated rings. The first-order valence-corrected chi connectivity index (χ1v) is 11.9. The number of rotatable bonds is 7. The number of allylic oxidation sites excluding steroid dienone is 2. The Labute approximate surface area is 197 Å². The van der Waals surface area contributed by atoms with Crippen molar-refractivity contribution in [1.29, 1.82) is 0 Å². The second-order valence-corrected chi connectivity index (χ2v) is 9.80. The molecule has 2 amide bonds. The van der Waals surface area contributed by atoms with Crippen LogP contribution in [-0.4, -0.2) is 41.1 Å².